The summed E-state index contributed by atoms with van der Waals surface area (Å²) in [4.78, 5) is 5.48. The Morgan fingerprint density at radius 1 is 0.619 bits per heavy atom. The molecule has 1 heterocycles. The molecule has 0 amide bonds. The molecule has 0 aromatic rings. The fourth-order valence-electron chi connectivity index (χ4n) is 1.84. The molecule has 1 saturated heterocycles. The van der Waals surface area contributed by atoms with Gasteiger partial charge in [-0.1, -0.05) is 0 Å². The van der Waals surface area contributed by atoms with E-state index in [-0.39, 0.29) is 23.7 Å². The predicted octanol–water partition coefficient (Wildman–Crippen LogP) is 1.12. The second kappa shape index (κ2) is 12.4. The third-order valence-corrected chi connectivity index (χ3v) is 4.04. The fraction of sp³-hybridized carbons (Fsp3) is 0.727. The second-order valence-corrected chi connectivity index (χ2v) is 5.43. The van der Waals surface area contributed by atoms with Gasteiger partial charge in [0, 0.05) is 0 Å². The molecule has 0 aromatic carbocycles. The first-order chi connectivity index (χ1) is 10.3. The number of hydrogen-bond donors (Lipinski definition) is 1. The normalized spacial score (nSPS) is 20.0. The van der Waals surface area contributed by atoms with Crippen LogP contribution >= 0.6 is 23.7 Å². The van der Waals surface area contributed by atoms with Gasteiger partial charge in [0.25, 0.3) is 0 Å². The Kier molecular flexibility index (Phi) is 11.2. The first kappa shape index (κ1) is 18.9. The Bertz CT molecular complexity index is 585. The third kappa shape index (κ3) is 8.79. The SMILES string of the molecule is O=P#CN1CCNCCN(C#P=O)CCN(C#P=O)CC1. The van der Waals surface area contributed by atoms with Gasteiger partial charge in [0.15, 0.2) is 0 Å². The first-order valence-electron chi connectivity index (χ1n) is 6.49. The number of hydrogen-bond acceptors (Lipinski definition) is 7. The summed E-state index contributed by atoms with van der Waals surface area (Å²) in [6.07, 6.45) is 0. The van der Waals surface area contributed by atoms with E-state index in [9.17, 15) is 13.7 Å². The summed E-state index contributed by atoms with van der Waals surface area (Å²) >= 11 is 0. The minimum atomic E-state index is -0.173. The van der Waals surface area contributed by atoms with Crippen LogP contribution in [0.5, 0.6) is 0 Å². The Balaban J connectivity index is 2.75. The zero-order chi connectivity index (χ0) is 15.3. The minimum absolute atomic E-state index is 0.142. The van der Waals surface area contributed by atoms with E-state index in [2.05, 4.69) is 22.6 Å². The van der Waals surface area contributed by atoms with Gasteiger partial charge in [-0.3, -0.25) is 0 Å². The summed E-state index contributed by atoms with van der Waals surface area (Å²) < 4.78 is 32.1. The summed E-state index contributed by atoms with van der Waals surface area (Å²) in [5, 5.41) is 3.26. The standard InChI is InChI=1S/C11H17N4O3P3/c16-19-9-13-3-1-12-2-4-14(10-20-17)6-8-15(7-5-13)11-21-18/h12H,1-8H2. The van der Waals surface area contributed by atoms with Crippen molar-refractivity contribution in [2.75, 3.05) is 52.4 Å². The van der Waals surface area contributed by atoms with Crippen molar-refractivity contribution in [3.05, 3.63) is 0 Å². The van der Waals surface area contributed by atoms with Crippen LogP contribution in [0.15, 0.2) is 0 Å². The predicted molar refractivity (Wildman–Crippen MR) is 82.1 cm³/mol. The second-order valence-electron chi connectivity index (χ2n) is 4.29. The van der Waals surface area contributed by atoms with Crippen LogP contribution in [0.2, 0.25) is 0 Å². The number of nitrogens with zero attached hydrogens (tertiary/aromatic N) is 3. The molecule has 0 atom stereocenters. The molecule has 0 unspecified atom stereocenters. The molecule has 0 aliphatic carbocycles. The van der Waals surface area contributed by atoms with E-state index in [0.717, 1.165) is 13.1 Å². The summed E-state index contributed by atoms with van der Waals surface area (Å²) in [5.74, 6) is 8.20. The van der Waals surface area contributed by atoms with Crippen molar-refractivity contribution in [1.82, 2.24) is 20.0 Å². The molecule has 7 nitrogen and oxygen atoms in total. The molecule has 1 rings (SSSR count). The molecule has 0 bridgehead atoms. The van der Waals surface area contributed by atoms with Crippen LogP contribution in [0.1, 0.15) is 0 Å². The van der Waals surface area contributed by atoms with E-state index in [1.807, 2.05) is 9.80 Å². The van der Waals surface area contributed by atoms with Crippen molar-refractivity contribution in [2.45, 2.75) is 0 Å². The van der Waals surface area contributed by atoms with Gasteiger partial charge in [-0.05, 0) is 0 Å². The summed E-state index contributed by atoms with van der Waals surface area (Å²) in [6, 6.07) is 0. The maximum atomic E-state index is 10.7. The molecule has 1 N–H and O–H groups in total. The van der Waals surface area contributed by atoms with E-state index >= 15 is 0 Å². The molecule has 10 heteroatoms. The molecular formula is C11H17N4O3P3. The molecule has 0 aromatic heterocycles. The van der Waals surface area contributed by atoms with Gasteiger partial charge in [0.2, 0.25) is 0 Å². The zero-order valence-electron chi connectivity index (χ0n) is 11.6. The average molecular weight is 346 g/mol. The summed E-state index contributed by atoms with van der Waals surface area (Å²) in [6.45, 7) is 5.27. The molecule has 0 spiro atoms. The van der Waals surface area contributed by atoms with Crippen molar-refractivity contribution in [3.8, 4) is 17.3 Å². The molecule has 21 heavy (non-hydrogen) atoms. The van der Waals surface area contributed by atoms with Crippen LogP contribution in [-0.2, 0) is 13.7 Å². The van der Waals surface area contributed by atoms with Crippen molar-refractivity contribution in [2.24, 2.45) is 0 Å². The molecular weight excluding hydrogens is 329 g/mol. The van der Waals surface area contributed by atoms with Crippen LogP contribution in [0.3, 0.4) is 0 Å². The summed E-state index contributed by atoms with van der Waals surface area (Å²) in [5.41, 5.74) is 0. The summed E-state index contributed by atoms with van der Waals surface area (Å²) in [7, 11) is -0.457. The van der Waals surface area contributed by atoms with Gasteiger partial charge in [-0.2, -0.15) is 0 Å². The Labute approximate surface area is 127 Å². The Morgan fingerprint density at radius 3 is 1.29 bits per heavy atom. The third-order valence-electron chi connectivity index (χ3n) is 2.94. The van der Waals surface area contributed by atoms with E-state index in [4.69, 9.17) is 0 Å². The molecule has 0 radical (unpaired) electrons. The monoisotopic (exact) mass is 346 g/mol. The van der Waals surface area contributed by atoms with Crippen LogP contribution in [0.25, 0.3) is 0 Å². The Morgan fingerprint density at radius 2 is 0.952 bits per heavy atom. The quantitative estimate of drug-likeness (QED) is 0.659. The maximum absolute atomic E-state index is 10.7. The van der Waals surface area contributed by atoms with Gasteiger partial charge in [0.05, 0.1) is 0 Å². The van der Waals surface area contributed by atoms with Crippen molar-refractivity contribution >= 4 is 23.7 Å². The van der Waals surface area contributed by atoms with Crippen molar-refractivity contribution in [1.29, 1.82) is 0 Å². The number of rotatable bonds is 0. The fourth-order valence-corrected chi connectivity index (χ4v) is 2.79. The van der Waals surface area contributed by atoms with Crippen LogP contribution in [-0.4, -0.2) is 67.1 Å². The van der Waals surface area contributed by atoms with E-state index in [1.165, 1.54) is 0 Å². The number of nitrogens with one attached hydrogen (secondary N) is 1. The van der Waals surface area contributed by atoms with E-state index in [0.29, 0.717) is 39.3 Å². The van der Waals surface area contributed by atoms with Crippen molar-refractivity contribution in [3.63, 3.8) is 0 Å². The van der Waals surface area contributed by atoms with Gasteiger partial charge in [-0.15, -0.1) is 0 Å². The molecule has 1 fully saturated rings. The van der Waals surface area contributed by atoms with Crippen LogP contribution < -0.4 is 5.32 Å². The van der Waals surface area contributed by atoms with E-state index < -0.39 is 0 Å². The van der Waals surface area contributed by atoms with Gasteiger partial charge in [0.1, 0.15) is 0 Å². The average Bonchev–Trinajstić information content (AvgIpc) is 2.47. The Hall–Kier alpha value is -0.130. The van der Waals surface area contributed by atoms with Gasteiger partial charge >= 0.3 is 127 Å². The van der Waals surface area contributed by atoms with Crippen LogP contribution in [0.4, 0.5) is 0 Å². The van der Waals surface area contributed by atoms with Crippen molar-refractivity contribution < 1.29 is 13.7 Å². The van der Waals surface area contributed by atoms with Crippen LogP contribution in [0, 0.1) is 17.3 Å². The first-order valence-corrected chi connectivity index (χ1v) is 8.93. The molecule has 114 valence electrons. The molecule has 1 aliphatic heterocycles. The van der Waals surface area contributed by atoms with Gasteiger partial charge in [-0.25, -0.2) is 0 Å². The molecule has 0 saturated carbocycles. The van der Waals surface area contributed by atoms with E-state index in [1.54, 1.807) is 4.90 Å². The zero-order valence-corrected chi connectivity index (χ0v) is 14.2. The molecule has 1 aliphatic rings. The topological polar surface area (TPSA) is 73.0 Å². The van der Waals surface area contributed by atoms with Gasteiger partial charge < -0.3 is 0 Å².